The Morgan fingerprint density at radius 1 is 1.47 bits per heavy atom. The predicted octanol–water partition coefficient (Wildman–Crippen LogP) is 1.31. The van der Waals surface area contributed by atoms with Gasteiger partial charge >= 0.3 is 0 Å². The van der Waals surface area contributed by atoms with Crippen molar-refractivity contribution in [1.82, 2.24) is 14.9 Å². The van der Waals surface area contributed by atoms with Crippen molar-refractivity contribution in [2.24, 2.45) is 0 Å². The number of anilines is 1. The van der Waals surface area contributed by atoms with Crippen LogP contribution in [-0.2, 0) is 11.2 Å². The summed E-state index contributed by atoms with van der Waals surface area (Å²) in [7, 11) is 0. The number of morpholine rings is 1. The van der Waals surface area contributed by atoms with E-state index in [2.05, 4.69) is 27.1 Å². The van der Waals surface area contributed by atoms with Crippen LogP contribution in [0.2, 0.25) is 0 Å². The summed E-state index contributed by atoms with van der Waals surface area (Å²) in [5.74, 6) is -0.0859. The molecule has 0 saturated carbocycles. The fraction of sp³-hybridized carbons (Fsp3) is 0.692. The highest BCUT2D eigenvalue weighted by molar-refractivity contribution is 5.37. The summed E-state index contributed by atoms with van der Waals surface area (Å²) in [4.78, 5) is 10.2. The molecule has 0 aromatic carbocycles. The Bertz CT molecular complexity index is 416. The Hall–Kier alpha value is -1.27. The molecule has 0 bridgehead atoms. The van der Waals surface area contributed by atoms with Crippen molar-refractivity contribution < 1.29 is 9.13 Å². The van der Waals surface area contributed by atoms with E-state index in [4.69, 9.17) is 4.74 Å². The molecular weight excluding hydrogens is 247 g/mol. The Morgan fingerprint density at radius 2 is 2.32 bits per heavy atom. The number of halogens is 1. The van der Waals surface area contributed by atoms with Crippen molar-refractivity contribution in [3.05, 3.63) is 17.8 Å². The molecule has 0 amide bonds. The third-order valence-electron chi connectivity index (χ3n) is 3.36. The van der Waals surface area contributed by atoms with Gasteiger partial charge in [0.25, 0.3) is 0 Å². The average Bonchev–Trinajstić information content (AvgIpc) is 2.46. The van der Waals surface area contributed by atoms with Crippen LogP contribution in [-0.4, -0.2) is 53.8 Å². The van der Waals surface area contributed by atoms with E-state index >= 15 is 0 Å². The molecule has 1 saturated heterocycles. The summed E-state index contributed by atoms with van der Waals surface area (Å²) in [6.45, 7) is 8.15. The first-order valence-corrected chi connectivity index (χ1v) is 6.81. The van der Waals surface area contributed by atoms with Gasteiger partial charge in [0.05, 0.1) is 18.4 Å². The fourth-order valence-electron chi connectivity index (χ4n) is 2.18. The lowest BCUT2D eigenvalue weighted by Crippen LogP contribution is -2.45. The maximum atomic E-state index is 13.9. The SMILES string of the molecule is CCc1ncnc(NCC2CN(CC)CCO2)c1F. The summed E-state index contributed by atoms with van der Waals surface area (Å²) >= 11 is 0. The molecule has 1 unspecified atom stereocenters. The molecule has 1 atom stereocenters. The number of ether oxygens (including phenoxy) is 1. The lowest BCUT2D eigenvalue weighted by molar-refractivity contribution is -0.0192. The van der Waals surface area contributed by atoms with Gasteiger partial charge in [0, 0.05) is 19.6 Å². The van der Waals surface area contributed by atoms with E-state index in [1.165, 1.54) is 6.33 Å². The number of aryl methyl sites for hydroxylation is 1. The normalized spacial score (nSPS) is 20.5. The number of likely N-dealkylation sites (N-methyl/N-ethyl adjacent to an activating group) is 1. The number of rotatable bonds is 5. The van der Waals surface area contributed by atoms with Gasteiger partial charge in [-0.1, -0.05) is 13.8 Å². The molecule has 0 radical (unpaired) electrons. The average molecular weight is 268 g/mol. The molecule has 2 rings (SSSR count). The highest BCUT2D eigenvalue weighted by atomic mass is 19.1. The lowest BCUT2D eigenvalue weighted by Gasteiger charge is -2.32. The van der Waals surface area contributed by atoms with Crippen molar-refractivity contribution in [2.45, 2.75) is 26.4 Å². The molecule has 1 N–H and O–H groups in total. The lowest BCUT2D eigenvalue weighted by atomic mass is 10.2. The van der Waals surface area contributed by atoms with Gasteiger partial charge in [-0.25, -0.2) is 14.4 Å². The van der Waals surface area contributed by atoms with E-state index in [0.717, 1.165) is 26.2 Å². The zero-order valence-corrected chi connectivity index (χ0v) is 11.5. The van der Waals surface area contributed by atoms with Crippen LogP contribution in [0.3, 0.4) is 0 Å². The van der Waals surface area contributed by atoms with Gasteiger partial charge in [0.1, 0.15) is 6.33 Å². The predicted molar refractivity (Wildman–Crippen MR) is 71.7 cm³/mol. The minimum Gasteiger partial charge on any atom is -0.374 e. The molecule has 1 aliphatic rings. The third-order valence-corrected chi connectivity index (χ3v) is 3.36. The Kier molecular flexibility index (Phi) is 5.04. The van der Waals surface area contributed by atoms with Crippen molar-refractivity contribution in [3.8, 4) is 0 Å². The molecule has 1 aromatic heterocycles. The van der Waals surface area contributed by atoms with Gasteiger partial charge in [-0.3, -0.25) is 4.90 Å². The number of hydrogen-bond donors (Lipinski definition) is 1. The number of hydrogen-bond acceptors (Lipinski definition) is 5. The third kappa shape index (κ3) is 3.61. The zero-order valence-electron chi connectivity index (χ0n) is 11.5. The van der Waals surface area contributed by atoms with E-state index in [9.17, 15) is 4.39 Å². The van der Waals surface area contributed by atoms with E-state index in [1.807, 2.05) is 6.92 Å². The van der Waals surface area contributed by atoms with Gasteiger partial charge < -0.3 is 10.1 Å². The van der Waals surface area contributed by atoms with Gasteiger partial charge in [-0.15, -0.1) is 0 Å². The van der Waals surface area contributed by atoms with Gasteiger partial charge in [-0.05, 0) is 13.0 Å². The number of nitrogens with one attached hydrogen (secondary N) is 1. The standard InChI is InChI=1S/C13H21FN4O/c1-3-11-12(14)13(17-9-16-11)15-7-10-8-18(4-2)5-6-19-10/h9-10H,3-8H2,1-2H3,(H,15,16,17). The largest absolute Gasteiger partial charge is 0.374 e. The second kappa shape index (κ2) is 6.77. The van der Waals surface area contributed by atoms with Crippen LogP contribution in [0.1, 0.15) is 19.5 Å². The second-order valence-electron chi connectivity index (χ2n) is 4.60. The molecule has 0 spiro atoms. The van der Waals surface area contributed by atoms with Gasteiger partial charge in [0.15, 0.2) is 11.6 Å². The van der Waals surface area contributed by atoms with Crippen molar-refractivity contribution in [2.75, 3.05) is 38.1 Å². The maximum Gasteiger partial charge on any atom is 0.186 e. The van der Waals surface area contributed by atoms with Gasteiger partial charge in [0.2, 0.25) is 0 Å². The van der Waals surface area contributed by atoms with Crippen LogP contribution in [0.15, 0.2) is 6.33 Å². The monoisotopic (exact) mass is 268 g/mol. The summed E-state index contributed by atoms with van der Waals surface area (Å²) in [6, 6.07) is 0. The molecule has 6 heteroatoms. The molecule has 1 fully saturated rings. The van der Waals surface area contributed by atoms with E-state index in [-0.39, 0.29) is 17.7 Å². The molecule has 1 aliphatic heterocycles. The Balaban J connectivity index is 1.91. The summed E-state index contributed by atoms with van der Waals surface area (Å²) in [5, 5.41) is 3.02. The molecular formula is C13H21FN4O. The zero-order chi connectivity index (χ0) is 13.7. The van der Waals surface area contributed by atoms with Crippen LogP contribution < -0.4 is 5.32 Å². The Labute approximate surface area is 113 Å². The first-order valence-electron chi connectivity index (χ1n) is 6.81. The van der Waals surface area contributed by atoms with Crippen molar-refractivity contribution in [3.63, 3.8) is 0 Å². The van der Waals surface area contributed by atoms with E-state index in [1.54, 1.807) is 0 Å². The minimum atomic E-state index is -0.354. The molecule has 5 nitrogen and oxygen atoms in total. The highest BCUT2D eigenvalue weighted by Gasteiger charge is 2.20. The van der Waals surface area contributed by atoms with E-state index in [0.29, 0.717) is 18.7 Å². The summed E-state index contributed by atoms with van der Waals surface area (Å²) in [5.41, 5.74) is 0.442. The van der Waals surface area contributed by atoms with Crippen LogP contribution in [0, 0.1) is 5.82 Å². The van der Waals surface area contributed by atoms with Crippen LogP contribution in [0.5, 0.6) is 0 Å². The van der Waals surface area contributed by atoms with Crippen molar-refractivity contribution in [1.29, 1.82) is 0 Å². The maximum absolute atomic E-state index is 13.9. The van der Waals surface area contributed by atoms with E-state index < -0.39 is 0 Å². The minimum absolute atomic E-state index is 0.0770. The number of aromatic nitrogens is 2. The molecule has 2 heterocycles. The smallest absolute Gasteiger partial charge is 0.186 e. The Morgan fingerprint density at radius 3 is 3.05 bits per heavy atom. The topological polar surface area (TPSA) is 50.3 Å². The highest BCUT2D eigenvalue weighted by Crippen LogP contribution is 2.14. The second-order valence-corrected chi connectivity index (χ2v) is 4.60. The summed E-state index contributed by atoms with van der Waals surface area (Å²) < 4.78 is 19.6. The van der Waals surface area contributed by atoms with Crippen LogP contribution in [0.4, 0.5) is 10.2 Å². The van der Waals surface area contributed by atoms with Crippen LogP contribution in [0.25, 0.3) is 0 Å². The quantitative estimate of drug-likeness (QED) is 0.872. The molecule has 106 valence electrons. The van der Waals surface area contributed by atoms with Crippen molar-refractivity contribution >= 4 is 5.82 Å². The fourth-order valence-corrected chi connectivity index (χ4v) is 2.18. The first kappa shape index (κ1) is 14.1. The van der Waals surface area contributed by atoms with Gasteiger partial charge in [-0.2, -0.15) is 0 Å². The molecule has 19 heavy (non-hydrogen) atoms. The first-order chi connectivity index (χ1) is 9.24. The number of nitrogens with zero attached hydrogens (tertiary/aromatic N) is 3. The molecule has 1 aromatic rings. The van der Waals surface area contributed by atoms with Crippen LogP contribution >= 0.6 is 0 Å². The summed E-state index contributed by atoms with van der Waals surface area (Å²) in [6.07, 6.45) is 2.03. The molecule has 0 aliphatic carbocycles.